The zero-order valence-electron chi connectivity index (χ0n) is 17.5. The number of ether oxygens (including phenoxy) is 2. The minimum Gasteiger partial charge on any atom is -0.497 e. The molecule has 0 saturated carbocycles. The Kier molecular flexibility index (Phi) is 7.32. The molecule has 32 heavy (non-hydrogen) atoms. The van der Waals surface area contributed by atoms with Crippen molar-refractivity contribution in [1.82, 2.24) is 5.43 Å². The highest BCUT2D eigenvalue weighted by Crippen LogP contribution is 2.16. The van der Waals surface area contributed by atoms with Gasteiger partial charge in [0.15, 0.2) is 0 Å². The second-order valence-corrected chi connectivity index (χ2v) is 6.66. The molecule has 2 N–H and O–H groups in total. The van der Waals surface area contributed by atoms with Crippen molar-refractivity contribution in [3.05, 3.63) is 89.5 Å². The van der Waals surface area contributed by atoms with E-state index in [1.165, 1.54) is 13.3 Å². The lowest BCUT2D eigenvalue weighted by Crippen LogP contribution is -2.32. The fourth-order valence-electron chi connectivity index (χ4n) is 2.70. The number of carbonyl (C=O) groups excluding carboxylic acids is 3. The van der Waals surface area contributed by atoms with Gasteiger partial charge in [0.1, 0.15) is 11.5 Å². The first-order chi connectivity index (χ1) is 15.5. The molecule has 0 radical (unpaired) electrons. The van der Waals surface area contributed by atoms with Crippen molar-refractivity contribution in [2.45, 2.75) is 6.92 Å². The summed E-state index contributed by atoms with van der Waals surface area (Å²) < 4.78 is 10.4. The SMILES string of the molecule is COc1ccc(NC(=O)C(=O)N/N=C/c2cccc(OC(=O)c3ccccc3C)c2)cc1. The Bertz CT molecular complexity index is 1160. The Hall–Kier alpha value is -4.46. The maximum atomic E-state index is 12.3. The van der Waals surface area contributed by atoms with Gasteiger partial charge in [-0.1, -0.05) is 30.3 Å². The van der Waals surface area contributed by atoms with Crippen molar-refractivity contribution in [1.29, 1.82) is 0 Å². The minimum atomic E-state index is -0.931. The molecule has 162 valence electrons. The van der Waals surface area contributed by atoms with Crippen molar-refractivity contribution >= 4 is 29.7 Å². The van der Waals surface area contributed by atoms with E-state index in [9.17, 15) is 14.4 Å². The summed E-state index contributed by atoms with van der Waals surface area (Å²) in [5.41, 5.74) is 4.45. The van der Waals surface area contributed by atoms with Gasteiger partial charge in [-0.3, -0.25) is 9.59 Å². The molecule has 0 aliphatic rings. The van der Waals surface area contributed by atoms with Crippen LogP contribution >= 0.6 is 0 Å². The molecular formula is C24H21N3O5. The first-order valence-electron chi connectivity index (χ1n) is 9.62. The number of amides is 2. The Labute approximate surface area is 184 Å². The molecule has 2 amide bonds. The van der Waals surface area contributed by atoms with Crippen LogP contribution in [-0.2, 0) is 9.59 Å². The summed E-state index contributed by atoms with van der Waals surface area (Å²) in [4.78, 5) is 36.2. The van der Waals surface area contributed by atoms with Crippen LogP contribution in [0.2, 0.25) is 0 Å². The van der Waals surface area contributed by atoms with Crippen molar-refractivity contribution in [3.8, 4) is 11.5 Å². The molecule has 3 aromatic rings. The number of rotatable bonds is 6. The van der Waals surface area contributed by atoms with Crippen LogP contribution in [0.1, 0.15) is 21.5 Å². The van der Waals surface area contributed by atoms with Gasteiger partial charge in [0.25, 0.3) is 0 Å². The first-order valence-corrected chi connectivity index (χ1v) is 9.62. The maximum absolute atomic E-state index is 12.3. The van der Waals surface area contributed by atoms with E-state index >= 15 is 0 Å². The molecule has 0 spiro atoms. The molecule has 0 aromatic heterocycles. The number of nitrogens with zero attached hydrogens (tertiary/aromatic N) is 1. The molecule has 0 aliphatic heterocycles. The summed E-state index contributed by atoms with van der Waals surface area (Å²) in [6, 6.07) is 20.3. The topological polar surface area (TPSA) is 106 Å². The van der Waals surface area contributed by atoms with Crippen molar-refractivity contribution < 1.29 is 23.9 Å². The van der Waals surface area contributed by atoms with Crippen LogP contribution in [0.25, 0.3) is 0 Å². The maximum Gasteiger partial charge on any atom is 0.343 e. The van der Waals surface area contributed by atoms with E-state index in [1.807, 2.05) is 19.1 Å². The van der Waals surface area contributed by atoms with Crippen LogP contribution < -0.4 is 20.2 Å². The highest BCUT2D eigenvalue weighted by molar-refractivity contribution is 6.39. The average molecular weight is 431 g/mol. The molecule has 0 unspecified atom stereocenters. The number of anilines is 1. The lowest BCUT2D eigenvalue weighted by molar-refractivity contribution is -0.136. The van der Waals surface area contributed by atoms with Gasteiger partial charge in [0, 0.05) is 5.69 Å². The van der Waals surface area contributed by atoms with Crippen LogP contribution in [0, 0.1) is 6.92 Å². The largest absolute Gasteiger partial charge is 0.497 e. The third-order valence-electron chi connectivity index (χ3n) is 4.37. The van der Waals surface area contributed by atoms with E-state index in [4.69, 9.17) is 9.47 Å². The van der Waals surface area contributed by atoms with Crippen LogP contribution in [0.4, 0.5) is 5.69 Å². The third-order valence-corrected chi connectivity index (χ3v) is 4.37. The number of hydrogen-bond acceptors (Lipinski definition) is 6. The Morgan fingerprint density at radius 1 is 0.875 bits per heavy atom. The standard InChI is InChI=1S/C24H21N3O5/c1-16-6-3-4-9-21(16)24(30)32-20-8-5-7-17(14-20)15-25-27-23(29)22(28)26-18-10-12-19(31-2)13-11-18/h3-15H,1-2H3,(H,26,28)(H,27,29)/b25-15+. The second kappa shape index (κ2) is 10.5. The summed E-state index contributed by atoms with van der Waals surface area (Å²) in [7, 11) is 1.53. The summed E-state index contributed by atoms with van der Waals surface area (Å²) in [6.45, 7) is 1.83. The van der Waals surface area contributed by atoms with Gasteiger partial charge in [0.2, 0.25) is 0 Å². The minimum absolute atomic E-state index is 0.325. The molecule has 3 rings (SSSR count). The van der Waals surface area contributed by atoms with E-state index in [1.54, 1.807) is 60.7 Å². The molecular weight excluding hydrogens is 410 g/mol. The van der Waals surface area contributed by atoms with Crippen LogP contribution in [0.5, 0.6) is 11.5 Å². The van der Waals surface area contributed by atoms with Gasteiger partial charge in [-0.25, -0.2) is 10.2 Å². The number of hydrazone groups is 1. The fraction of sp³-hybridized carbons (Fsp3) is 0.0833. The number of benzene rings is 3. The molecule has 0 aliphatic carbocycles. The number of carbonyl (C=O) groups is 3. The lowest BCUT2D eigenvalue weighted by Gasteiger charge is -2.07. The zero-order chi connectivity index (χ0) is 22.9. The molecule has 8 heteroatoms. The quantitative estimate of drug-likeness (QED) is 0.205. The lowest BCUT2D eigenvalue weighted by atomic mass is 10.1. The van der Waals surface area contributed by atoms with Gasteiger partial charge >= 0.3 is 17.8 Å². The van der Waals surface area contributed by atoms with E-state index in [-0.39, 0.29) is 0 Å². The number of esters is 1. The van der Waals surface area contributed by atoms with Crippen LogP contribution in [0.3, 0.4) is 0 Å². The van der Waals surface area contributed by atoms with Crippen LogP contribution in [-0.4, -0.2) is 31.1 Å². The normalized spacial score (nSPS) is 10.4. The van der Waals surface area contributed by atoms with E-state index in [2.05, 4.69) is 15.8 Å². The van der Waals surface area contributed by atoms with Gasteiger partial charge in [-0.15, -0.1) is 0 Å². The average Bonchev–Trinajstić information content (AvgIpc) is 2.80. The number of hydrogen-bond donors (Lipinski definition) is 2. The molecule has 0 atom stereocenters. The molecule has 0 saturated heterocycles. The number of methoxy groups -OCH3 is 1. The summed E-state index contributed by atoms with van der Waals surface area (Å²) >= 11 is 0. The van der Waals surface area contributed by atoms with E-state index in [0.717, 1.165) is 5.56 Å². The number of aryl methyl sites for hydroxylation is 1. The van der Waals surface area contributed by atoms with Crippen molar-refractivity contribution in [3.63, 3.8) is 0 Å². The van der Waals surface area contributed by atoms with Crippen LogP contribution in [0.15, 0.2) is 77.9 Å². The smallest absolute Gasteiger partial charge is 0.343 e. The van der Waals surface area contributed by atoms with Crippen molar-refractivity contribution in [2.75, 3.05) is 12.4 Å². The van der Waals surface area contributed by atoms with E-state index < -0.39 is 17.8 Å². The summed E-state index contributed by atoms with van der Waals surface area (Å²) in [5, 5.41) is 6.23. The summed E-state index contributed by atoms with van der Waals surface area (Å²) in [5.74, 6) is -1.32. The molecule has 3 aromatic carbocycles. The van der Waals surface area contributed by atoms with Gasteiger partial charge < -0.3 is 14.8 Å². The molecule has 0 heterocycles. The molecule has 0 fully saturated rings. The highest BCUT2D eigenvalue weighted by Gasteiger charge is 2.13. The Morgan fingerprint density at radius 3 is 2.34 bits per heavy atom. The van der Waals surface area contributed by atoms with E-state index in [0.29, 0.717) is 28.3 Å². The molecule has 8 nitrogen and oxygen atoms in total. The van der Waals surface area contributed by atoms with Crippen molar-refractivity contribution in [2.24, 2.45) is 5.10 Å². The zero-order valence-corrected chi connectivity index (χ0v) is 17.5. The fourth-order valence-corrected chi connectivity index (χ4v) is 2.70. The van der Waals surface area contributed by atoms with Gasteiger partial charge in [0.05, 0.1) is 18.9 Å². The Balaban J connectivity index is 1.55. The first kappa shape index (κ1) is 22.2. The Morgan fingerprint density at radius 2 is 1.62 bits per heavy atom. The van der Waals surface area contributed by atoms with Gasteiger partial charge in [-0.05, 0) is 60.5 Å². The highest BCUT2D eigenvalue weighted by atomic mass is 16.5. The second-order valence-electron chi connectivity index (χ2n) is 6.66. The predicted octanol–water partition coefficient (Wildman–Crippen LogP) is 3.31. The number of nitrogens with one attached hydrogen (secondary N) is 2. The van der Waals surface area contributed by atoms with Gasteiger partial charge in [-0.2, -0.15) is 5.10 Å². The monoisotopic (exact) mass is 431 g/mol. The summed E-state index contributed by atoms with van der Waals surface area (Å²) in [6.07, 6.45) is 1.34. The third kappa shape index (κ3) is 6.02. The predicted molar refractivity (Wildman–Crippen MR) is 120 cm³/mol. The molecule has 0 bridgehead atoms.